The zero-order valence-corrected chi connectivity index (χ0v) is 22.0. The molecule has 0 atom stereocenters. The summed E-state index contributed by atoms with van der Waals surface area (Å²) in [6, 6.07) is 42.4. The first-order chi connectivity index (χ1) is 19.7. The van der Waals surface area contributed by atoms with Crippen molar-refractivity contribution in [2.45, 2.75) is 0 Å². The third kappa shape index (κ3) is 4.64. The molecule has 40 heavy (non-hydrogen) atoms. The van der Waals surface area contributed by atoms with Gasteiger partial charge >= 0.3 is 0 Å². The van der Waals surface area contributed by atoms with Gasteiger partial charge in [-0.25, -0.2) is 9.97 Å². The molecular weight excluding hydrogens is 516 g/mol. The summed E-state index contributed by atoms with van der Waals surface area (Å²) in [5, 5.41) is 0.103. The van der Waals surface area contributed by atoms with Crippen LogP contribution in [0.3, 0.4) is 0 Å². The molecule has 0 bridgehead atoms. The lowest BCUT2D eigenvalue weighted by atomic mass is 9.96. The predicted molar refractivity (Wildman–Crippen MR) is 160 cm³/mol. The van der Waals surface area contributed by atoms with Crippen LogP contribution in [0.4, 0.5) is 0 Å². The Morgan fingerprint density at radius 1 is 0.450 bits per heavy atom. The van der Waals surface area contributed by atoms with Crippen LogP contribution in [0, 0.1) is 0 Å². The van der Waals surface area contributed by atoms with Crippen molar-refractivity contribution < 1.29 is 4.42 Å². The van der Waals surface area contributed by atoms with E-state index in [0.717, 1.165) is 33.4 Å². The number of para-hydroxylation sites is 1. The number of hydrogen-bond acceptors (Lipinski definition) is 5. The fourth-order valence-electron chi connectivity index (χ4n) is 4.78. The van der Waals surface area contributed by atoms with Crippen LogP contribution in [0.1, 0.15) is 0 Å². The van der Waals surface area contributed by atoms with Crippen molar-refractivity contribution in [1.29, 1.82) is 0 Å². The minimum atomic E-state index is 0.103. The summed E-state index contributed by atoms with van der Waals surface area (Å²) >= 11 is 6.51. The monoisotopic (exact) mass is 536 g/mol. The first kappa shape index (κ1) is 23.9. The number of oxazole rings is 1. The second kappa shape index (κ2) is 10.2. The van der Waals surface area contributed by atoms with E-state index in [0.29, 0.717) is 34.2 Å². The van der Waals surface area contributed by atoms with E-state index in [2.05, 4.69) is 52.4 Å². The molecule has 0 radical (unpaired) electrons. The Labute approximate surface area is 235 Å². The lowest BCUT2D eigenvalue weighted by Crippen LogP contribution is -1.98. The van der Waals surface area contributed by atoms with Gasteiger partial charge in [-0.15, -0.1) is 0 Å². The number of hydrogen-bond donors (Lipinski definition) is 0. The molecule has 0 spiro atoms. The molecule has 5 aromatic carbocycles. The highest BCUT2D eigenvalue weighted by molar-refractivity contribution is 6.28. The highest BCUT2D eigenvalue weighted by Gasteiger charge is 2.18. The number of fused-ring (bicyclic) bond motifs is 1. The third-order valence-corrected chi connectivity index (χ3v) is 6.86. The maximum absolute atomic E-state index is 6.51. The van der Waals surface area contributed by atoms with Gasteiger partial charge in [0.25, 0.3) is 0 Å². The van der Waals surface area contributed by atoms with Crippen LogP contribution < -0.4 is 0 Å². The van der Waals surface area contributed by atoms with Crippen LogP contribution in [0.5, 0.6) is 0 Å². The highest BCUT2D eigenvalue weighted by atomic mass is 35.5. The minimum absolute atomic E-state index is 0.103. The lowest BCUT2D eigenvalue weighted by Gasteiger charge is -2.11. The molecule has 0 aliphatic carbocycles. The number of rotatable bonds is 5. The molecule has 0 aliphatic rings. The summed E-state index contributed by atoms with van der Waals surface area (Å²) in [4.78, 5) is 18.6. The third-order valence-electron chi connectivity index (χ3n) is 6.69. The van der Waals surface area contributed by atoms with Crippen LogP contribution in [0.2, 0.25) is 5.28 Å². The van der Waals surface area contributed by atoms with Crippen molar-refractivity contribution in [1.82, 2.24) is 19.9 Å². The summed E-state index contributed by atoms with van der Waals surface area (Å²) < 4.78 is 6.22. The van der Waals surface area contributed by atoms with E-state index in [1.807, 2.05) is 84.9 Å². The van der Waals surface area contributed by atoms with Gasteiger partial charge in [0.1, 0.15) is 5.52 Å². The van der Waals surface area contributed by atoms with Crippen LogP contribution in [-0.4, -0.2) is 19.9 Å². The zero-order chi connectivity index (χ0) is 26.9. The Balaban J connectivity index is 1.38. The molecule has 0 amide bonds. The molecule has 2 heterocycles. The first-order valence-electron chi connectivity index (χ1n) is 12.8. The van der Waals surface area contributed by atoms with Gasteiger partial charge in [-0.3, -0.25) is 0 Å². The quantitative estimate of drug-likeness (QED) is 0.219. The van der Waals surface area contributed by atoms with E-state index in [-0.39, 0.29) is 5.28 Å². The number of nitrogens with zero attached hydrogens (tertiary/aromatic N) is 4. The topological polar surface area (TPSA) is 64.7 Å². The van der Waals surface area contributed by atoms with Crippen molar-refractivity contribution >= 4 is 22.7 Å². The fourth-order valence-corrected chi connectivity index (χ4v) is 4.94. The van der Waals surface area contributed by atoms with E-state index < -0.39 is 0 Å². The van der Waals surface area contributed by atoms with Gasteiger partial charge in [0.2, 0.25) is 11.2 Å². The van der Waals surface area contributed by atoms with E-state index in [9.17, 15) is 0 Å². The molecule has 0 saturated heterocycles. The van der Waals surface area contributed by atoms with Crippen molar-refractivity contribution in [3.8, 4) is 56.5 Å². The van der Waals surface area contributed by atoms with Gasteiger partial charge in [0.15, 0.2) is 17.2 Å². The standard InChI is InChI=1S/C34H21ClN4O/c35-34-38-31(27-20-25(22-11-4-1-5-12-22)19-26(21-27)23-13-6-2-7-14-23)37-32(39-34)28-17-10-18-29-30(28)40-33(36-29)24-15-8-3-9-16-24/h1-21H. The SMILES string of the molecule is Clc1nc(-c2cc(-c3ccccc3)cc(-c3ccccc3)c2)nc(-c2cccc3nc(-c4ccccc4)oc23)n1. The van der Waals surface area contributed by atoms with E-state index in [4.69, 9.17) is 26.0 Å². The molecule has 0 fully saturated rings. The van der Waals surface area contributed by atoms with Crippen LogP contribution in [-0.2, 0) is 0 Å². The molecular formula is C34H21ClN4O. The van der Waals surface area contributed by atoms with Crippen LogP contribution in [0.15, 0.2) is 132 Å². The van der Waals surface area contributed by atoms with Gasteiger partial charge in [-0.05, 0) is 76.3 Å². The summed E-state index contributed by atoms with van der Waals surface area (Å²) in [5.41, 5.74) is 8.04. The molecule has 190 valence electrons. The smallest absolute Gasteiger partial charge is 0.227 e. The molecule has 2 aromatic heterocycles. The summed E-state index contributed by atoms with van der Waals surface area (Å²) in [7, 11) is 0. The van der Waals surface area contributed by atoms with Gasteiger partial charge in [0.05, 0.1) is 5.56 Å². The van der Waals surface area contributed by atoms with E-state index in [1.54, 1.807) is 0 Å². The molecule has 7 aromatic rings. The molecule has 7 rings (SSSR count). The number of benzene rings is 5. The Morgan fingerprint density at radius 3 is 1.62 bits per heavy atom. The zero-order valence-electron chi connectivity index (χ0n) is 21.2. The van der Waals surface area contributed by atoms with E-state index >= 15 is 0 Å². The van der Waals surface area contributed by atoms with Crippen molar-refractivity contribution in [2.24, 2.45) is 0 Å². The summed E-state index contributed by atoms with van der Waals surface area (Å²) in [6.07, 6.45) is 0. The molecule has 5 nitrogen and oxygen atoms in total. The second-order valence-electron chi connectivity index (χ2n) is 9.32. The van der Waals surface area contributed by atoms with Gasteiger partial charge in [0, 0.05) is 11.1 Å². The molecule has 0 N–H and O–H groups in total. The summed E-state index contributed by atoms with van der Waals surface area (Å²) in [5.74, 6) is 1.43. The Kier molecular flexibility index (Phi) is 6.11. The van der Waals surface area contributed by atoms with E-state index in [1.165, 1.54) is 0 Å². The molecule has 0 unspecified atom stereocenters. The minimum Gasteiger partial charge on any atom is -0.435 e. The van der Waals surface area contributed by atoms with Gasteiger partial charge < -0.3 is 4.42 Å². The number of halogens is 1. The highest BCUT2D eigenvalue weighted by Crippen LogP contribution is 2.34. The summed E-state index contributed by atoms with van der Waals surface area (Å²) in [6.45, 7) is 0. The Hall–Kier alpha value is -5.13. The Bertz CT molecular complexity index is 1900. The first-order valence-corrected chi connectivity index (χ1v) is 13.2. The van der Waals surface area contributed by atoms with Crippen LogP contribution in [0.25, 0.3) is 67.6 Å². The lowest BCUT2D eigenvalue weighted by molar-refractivity contribution is 0.620. The average Bonchev–Trinajstić information content (AvgIpc) is 3.47. The van der Waals surface area contributed by atoms with Gasteiger partial charge in [-0.1, -0.05) is 84.9 Å². The van der Waals surface area contributed by atoms with Crippen molar-refractivity contribution in [3.63, 3.8) is 0 Å². The largest absolute Gasteiger partial charge is 0.435 e. The van der Waals surface area contributed by atoms with Gasteiger partial charge in [-0.2, -0.15) is 9.97 Å². The maximum atomic E-state index is 6.51. The van der Waals surface area contributed by atoms with Crippen molar-refractivity contribution in [2.75, 3.05) is 0 Å². The maximum Gasteiger partial charge on any atom is 0.227 e. The molecule has 6 heteroatoms. The second-order valence-corrected chi connectivity index (χ2v) is 9.66. The Morgan fingerprint density at radius 2 is 1.00 bits per heavy atom. The molecule has 0 aliphatic heterocycles. The fraction of sp³-hybridized carbons (Fsp3) is 0. The van der Waals surface area contributed by atoms with Crippen LogP contribution >= 0.6 is 11.6 Å². The van der Waals surface area contributed by atoms with Crippen molar-refractivity contribution in [3.05, 3.63) is 133 Å². The predicted octanol–water partition coefficient (Wildman–Crippen LogP) is 9.00. The number of aromatic nitrogens is 4. The normalized spacial score (nSPS) is 11.1. The average molecular weight is 537 g/mol. The molecule has 0 saturated carbocycles.